The van der Waals surface area contributed by atoms with Gasteiger partial charge in [-0.3, -0.25) is 0 Å². The van der Waals surface area contributed by atoms with Gasteiger partial charge in [-0.15, -0.1) is 10.2 Å². The summed E-state index contributed by atoms with van der Waals surface area (Å²) in [7, 11) is 0. The van der Waals surface area contributed by atoms with Crippen LogP contribution in [0.3, 0.4) is 0 Å². The molecule has 32 heavy (non-hydrogen) atoms. The molecule has 0 amide bonds. The fourth-order valence-corrected chi connectivity index (χ4v) is 6.02. The summed E-state index contributed by atoms with van der Waals surface area (Å²) in [6.45, 7) is 4.38. The number of nitrogens with zero attached hydrogens (tertiary/aromatic N) is 4. The van der Waals surface area contributed by atoms with Gasteiger partial charge in [0.05, 0.1) is 16.4 Å². The molecular formula is C24H21BrCl2N4S. The molecule has 1 aliphatic carbocycles. The predicted octanol–water partition coefficient (Wildman–Crippen LogP) is 8.13. The first kappa shape index (κ1) is 22.1. The maximum absolute atomic E-state index is 6.61. The summed E-state index contributed by atoms with van der Waals surface area (Å²) in [4.78, 5) is 0. The minimum absolute atomic E-state index is 0.221. The van der Waals surface area contributed by atoms with Crippen molar-refractivity contribution in [1.82, 2.24) is 20.0 Å². The molecular weight excluding hydrogens is 527 g/mol. The highest BCUT2D eigenvalue weighted by Gasteiger charge is 2.45. The monoisotopic (exact) mass is 546 g/mol. The quantitative estimate of drug-likeness (QED) is 0.244. The molecule has 2 aromatic heterocycles. The van der Waals surface area contributed by atoms with E-state index < -0.39 is 0 Å². The Labute approximate surface area is 209 Å². The first-order chi connectivity index (χ1) is 15.5. The zero-order chi connectivity index (χ0) is 22.5. The van der Waals surface area contributed by atoms with Crippen molar-refractivity contribution in [3.05, 3.63) is 67.6 Å². The largest absolute Gasteiger partial charge is 0.231 e. The van der Waals surface area contributed by atoms with Crippen LogP contribution in [0.5, 0.6) is 0 Å². The van der Waals surface area contributed by atoms with E-state index in [4.69, 9.17) is 28.3 Å². The second-order valence-corrected chi connectivity index (χ2v) is 10.8. The van der Waals surface area contributed by atoms with Crippen LogP contribution < -0.4 is 0 Å². The predicted molar refractivity (Wildman–Crippen MR) is 136 cm³/mol. The molecule has 2 heterocycles. The normalized spacial score (nSPS) is 14.7. The first-order valence-electron chi connectivity index (χ1n) is 10.6. The molecule has 0 aliphatic heterocycles. The van der Waals surface area contributed by atoms with Gasteiger partial charge in [0.15, 0.2) is 5.01 Å². The molecule has 4 nitrogen and oxygen atoms in total. The molecule has 0 N–H and O–H groups in total. The van der Waals surface area contributed by atoms with Crippen LogP contribution in [0, 0.1) is 0 Å². The smallest absolute Gasteiger partial charge is 0.168 e. The molecule has 0 unspecified atom stereocenters. The molecule has 1 fully saturated rings. The van der Waals surface area contributed by atoms with Gasteiger partial charge in [-0.25, -0.2) is 4.68 Å². The van der Waals surface area contributed by atoms with Crippen LogP contribution in [0.15, 0.2) is 46.9 Å². The van der Waals surface area contributed by atoms with Crippen molar-refractivity contribution < 1.29 is 0 Å². The molecule has 0 spiro atoms. The van der Waals surface area contributed by atoms with Crippen LogP contribution in [-0.2, 0) is 11.8 Å². The SMILES string of the molecule is CCc1c(-c2nnc(C3(CC)CC3)s2)nn(-c2ccc(Cl)cc2Cl)c1-c1ccc(Br)cc1. The second-order valence-electron chi connectivity index (χ2n) is 8.09. The molecule has 2 aromatic carbocycles. The van der Waals surface area contributed by atoms with E-state index in [1.807, 2.05) is 28.9 Å². The summed E-state index contributed by atoms with van der Waals surface area (Å²) in [6.07, 6.45) is 4.29. The summed E-state index contributed by atoms with van der Waals surface area (Å²) in [5, 5.41) is 17.3. The Morgan fingerprint density at radius 1 is 1.06 bits per heavy atom. The van der Waals surface area contributed by atoms with E-state index in [0.29, 0.717) is 10.0 Å². The Kier molecular flexibility index (Phi) is 5.91. The molecule has 0 atom stereocenters. The average Bonchev–Trinajstić information content (AvgIpc) is 3.26. The van der Waals surface area contributed by atoms with Crippen molar-refractivity contribution in [2.24, 2.45) is 0 Å². The minimum Gasteiger partial charge on any atom is -0.231 e. The topological polar surface area (TPSA) is 43.6 Å². The molecule has 4 aromatic rings. The summed E-state index contributed by atoms with van der Waals surface area (Å²) in [5.74, 6) is 0. The standard InChI is InChI=1S/C24H21BrCl2N4S/c1-3-17-20(22-28-29-23(32-22)24(4-2)11-12-24)30-31(19-10-9-16(26)13-18(19)27)21(17)14-5-7-15(25)8-6-14/h5-10,13H,3-4,11-12H2,1-2H3. The Morgan fingerprint density at radius 3 is 2.44 bits per heavy atom. The van der Waals surface area contributed by atoms with E-state index in [2.05, 4.69) is 52.1 Å². The second kappa shape index (κ2) is 8.56. The molecule has 1 aliphatic rings. The Hall–Kier alpha value is -1.73. The molecule has 5 rings (SSSR count). The first-order valence-corrected chi connectivity index (χ1v) is 13.0. The lowest BCUT2D eigenvalue weighted by Crippen LogP contribution is -2.02. The van der Waals surface area contributed by atoms with Crippen LogP contribution in [0.4, 0.5) is 0 Å². The van der Waals surface area contributed by atoms with E-state index in [1.165, 1.54) is 12.8 Å². The third-order valence-corrected chi connectivity index (χ3v) is 8.45. The van der Waals surface area contributed by atoms with Gasteiger partial charge >= 0.3 is 0 Å². The third kappa shape index (κ3) is 3.81. The van der Waals surface area contributed by atoms with E-state index in [-0.39, 0.29) is 5.41 Å². The van der Waals surface area contributed by atoms with Gasteiger partial charge in [-0.05, 0) is 56.0 Å². The van der Waals surface area contributed by atoms with Crippen molar-refractivity contribution in [3.63, 3.8) is 0 Å². The van der Waals surface area contributed by atoms with E-state index in [0.717, 1.165) is 55.5 Å². The van der Waals surface area contributed by atoms with Crippen molar-refractivity contribution >= 4 is 50.5 Å². The Morgan fingerprint density at radius 2 is 1.81 bits per heavy atom. The maximum atomic E-state index is 6.61. The fourth-order valence-electron chi connectivity index (χ4n) is 4.09. The minimum atomic E-state index is 0.221. The van der Waals surface area contributed by atoms with Gasteiger partial charge in [0, 0.05) is 26.0 Å². The van der Waals surface area contributed by atoms with E-state index in [9.17, 15) is 0 Å². The molecule has 0 radical (unpaired) electrons. The van der Waals surface area contributed by atoms with Gasteiger partial charge in [0.1, 0.15) is 10.7 Å². The maximum Gasteiger partial charge on any atom is 0.168 e. The highest BCUT2D eigenvalue weighted by Crippen LogP contribution is 2.52. The van der Waals surface area contributed by atoms with Gasteiger partial charge in [-0.1, -0.05) is 76.4 Å². The van der Waals surface area contributed by atoms with E-state index in [1.54, 1.807) is 17.4 Å². The fraction of sp³-hybridized carbons (Fsp3) is 0.292. The van der Waals surface area contributed by atoms with Crippen LogP contribution in [0.25, 0.3) is 27.6 Å². The molecule has 164 valence electrons. The number of hydrogen-bond donors (Lipinski definition) is 0. The van der Waals surface area contributed by atoms with Crippen LogP contribution in [0.1, 0.15) is 43.7 Å². The molecule has 1 saturated carbocycles. The van der Waals surface area contributed by atoms with Gasteiger partial charge in [0.2, 0.25) is 0 Å². The number of hydrogen-bond acceptors (Lipinski definition) is 4. The number of benzene rings is 2. The lowest BCUT2D eigenvalue weighted by molar-refractivity contribution is 0.649. The van der Waals surface area contributed by atoms with Crippen molar-refractivity contribution in [3.8, 4) is 27.6 Å². The van der Waals surface area contributed by atoms with Gasteiger partial charge < -0.3 is 0 Å². The zero-order valence-electron chi connectivity index (χ0n) is 17.7. The van der Waals surface area contributed by atoms with Gasteiger partial charge in [-0.2, -0.15) is 5.10 Å². The van der Waals surface area contributed by atoms with Crippen LogP contribution in [-0.4, -0.2) is 20.0 Å². The zero-order valence-corrected chi connectivity index (χ0v) is 21.6. The lowest BCUT2D eigenvalue weighted by atomic mass is 10.0. The highest BCUT2D eigenvalue weighted by molar-refractivity contribution is 9.10. The van der Waals surface area contributed by atoms with Crippen molar-refractivity contribution in [2.75, 3.05) is 0 Å². The molecule has 0 saturated heterocycles. The summed E-state index contributed by atoms with van der Waals surface area (Å²) < 4.78 is 2.95. The number of halogens is 3. The average molecular weight is 548 g/mol. The van der Waals surface area contributed by atoms with E-state index >= 15 is 0 Å². The van der Waals surface area contributed by atoms with Crippen molar-refractivity contribution in [1.29, 1.82) is 0 Å². The Bertz CT molecular complexity index is 1290. The highest BCUT2D eigenvalue weighted by atomic mass is 79.9. The van der Waals surface area contributed by atoms with Gasteiger partial charge in [0.25, 0.3) is 0 Å². The van der Waals surface area contributed by atoms with Crippen LogP contribution >= 0.6 is 50.5 Å². The third-order valence-electron chi connectivity index (χ3n) is 6.20. The summed E-state index contributed by atoms with van der Waals surface area (Å²) in [5.41, 5.74) is 5.07. The number of rotatable bonds is 6. The molecule has 8 heteroatoms. The summed E-state index contributed by atoms with van der Waals surface area (Å²) in [6, 6.07) is 13.7. The lowest BCUT2D eigenvalue weighted by Gasteiger charge is -2.11. The van der Waals surface area contributed by atoms with Crippen LogP contribution in [0.2, 0.25) is 10.0 Å². The summed E-state index contributed by atoms with van der Waals surface area (Å²) >= 11 is 18.0. The number of aromatic nitrogens is 4. The van der Waals surface area contributed by atoms with Crippen molar-refractivity contribution in [2.45, 2.75) is 44.9 Å². The molecule has 0 bridgehead atoms. The Balaban J connectivity index is 1.73.